The van der Waals surface area contributed by atoms with Gasteiger partial charge in [-0.1, -0.05) is 32.0 Å². The average molecular weight is 326 g/mol. The largest absolute Gasteiger partial charge is 0.481 e. The molecule has 0 aromatic carbocycles. The number of fused-ring (bicyclic) bond motifs is 1. The second-order valence-electron chi connectivity index (χ2n) is 4.74. The van der Waals surface area contributed by atoms with Crippen molar-refractivity contribution in [3.05, 3.63) is 21.8 Å². The first-order valence-corrected chi connectivity index (χ1v) is 8.79. The number of carboxylic acids is 1. The summed E-state index contributed by atoms with van der Waals surface area (Å²) in [6, 6.07) is 1.87. The Morgan fingerprint density at radius 2 is 2.29 bits per heavy atom. The molecule has 2 heterocycles. The highest BCUT2D eigenvalue weighted by atomic mass is 32.2. The summed E-state index contributed by atoms with van der Waals surface area (Å²) in [5.74, 6) is -1.00. The van der Waals surface area contributed by atoms with Gasteiger partial charge >= 0.3 is 5.97 Å². The quantitative estimate of drug-likeness (QED) is 0.624. The maximum absolute atomic E-state index is 12.7. The van der Waals surface area contributed by atoms with Gasteiger partial charge in [-0.3, -0.25) is 14.2 Å². The molecular weight excluding hydrogens is 308 g/mol. The van der Waals surface area contributed by atoms with E-state index in [0.29, 0.717) is 15.4 Å². The molecule has 2 rings (SSSR count). The van der Waals surface area contributed by atoms with Gasteiger partial charge in [0.2, 0.25) is 0 Å². The zero-order valence-electron chi connectivity index (χ0n) is 12.0. The van der Waals surface area contributed by atoms with Gasteiger partial charge in [-0.15, -0.1) is 11.3 Å². The fourth-order valence-corrected chi connectivity index (χ4v) is 3.86. The molecule has 2 aromatic heterocycles. The third kappa shape index (κ3) is 3.47. The van der Waals surface area contributed by atoms with Gasteiger partial charge in [-0.2, -0.15) is 0 Å². The van der Waals surface area contributed by atoms with Gasteiger partial charge < -0.3 is 5.11 Å². The molecule has 0 bridgehead atoms. The van der Waals surface area contributed by atoms with E-state index in [-0.39, 0.29) is 17.4 Å². The summed E-state index contributed by atoms with van der Waals surface area (Å²) in [4.78, 5) is 28.0. The molecule has 0 spiro atoms. The zero-order valence-corrected chi connectivity index (χ0v) is 13.7. The maximum Gasteiger partial charge on any atom is 0.313 e. The molecular formula is C14H18N2O3S2. The van der Waals surface area contributed by atoms with Crippen LogP contribution >= 0.6 is 23.1 Å². The lowest BCUT2D eigenvalue weighted by atomic mass is 10.1. The predicted molar refractivity (Wildman–Crippen MR) is 86.5 cm³/mol. The van der Waals surface area contributed by atoms with Crippen LogP contribution in [-0.4, -0.2) is 26.4 Å². The number of carbonyl (C=O) groups is 1. The molecule has 0 aliphatic heterocycles. The van der Waals surface area contributed by atoms with Crippen molar-refractivity contribution in [2.75, 3.05) is 5.75 Å². The molecule has 1 atom stereocenters. The molecule has 0 saturated heterocycles. The van der Waals surface area contributed by atoms with Gasteiger partial charge in [0, 0.05) is 6.04 Å². The lowest BCUT2D eigenvalue weighted by Crippen LogP contribution is -2.27. The minimum Gasteiger partial charge on any atom is -0.481 e. The Morgan fingerprint density at radius 1 is 1.52 bits per heavy atom. The van der Waals surface area contributed by atoms with Crippen LogP contribution in [-0.2, 0) is 4.79 Å². The smallest absolute Gasteiger partial charge is 0.313 e. The number of thioether (sulfide) groups is 1. The SMILES string of the molecule is CCCC(CC)n1c(SCC(=O)O)nc2ccsc2c1=O. The van der Waals surface area contributed by atoms with Crippen LogP contribution in [0.2, 0.25) is 0 Å². The van der Waals surface area contributed by atoms with Crippen molar-refractivity contribution in [1.29, 1.82) is 0 Å². The standard InChI is InChI=1S/C14H18N2O3S2/c1-3-5-9(4-2)16-13(19)12-10(6-7-20-12)15-14(16)21-8-11(17)18/h6-7,9H,3-5,8H2,1-2H3,(H,17,18). The van der Waals surface area contributed by atoms with Gasteiger partial charge in [-0.25, -0.2) is 4.98 Å². The highest BCUT2D eigenvalue weighted by Gasteiger charge is 2.19. The molecule has 5 nitrogen and oxygen atoms in total. The summed E-state index contributed by atoms with van der Waals surface area (Å²) in [5, 5.41) is 11.2. The normalized spacial score (nSPS) is 12.7. The van der Waals surface area contributed by atoms with Crippen molar-refractivity contribution in [3.63, 3.8) is 0 Å². The number of hydrogen-bond acceptors (Lipinski definition) is 5. The number of rotatable bonds is 7. The lowest BCUT2D eigenvalue weighted by Gasteiger charge is -2.20. The molecule has 2 aromatic rings. The average Bonchev–Trinajstić information content (AvgIpc) is 2.92. The number of carboxylic acid groups (broad SMARTS) is 1. The summed E-state index contributed by atoms with van der Waals surface area (Å²) in [6.07, 6.45) is 2.68. The van der Waals surface area contributed by atoms with E-state index < -0.39 is 5.97 Å². The third-order valence-electron chi connectivity index (χ3n) is 3.26. The van der Waals surface area contributed by atoms with Crippen LogP contribution in [0.5, 0.6) is 0 Å². The first-order chi connectivity index (χ1) is 10.1. The zero-order chi connectivity index (χ0) is 15.4. The second-order valence-corrected chi connectivity index (χ2v) is 6.60. The van der Waals surface area contributed by atoms with Crippen LogP contribution in [0.15, 0.2) is 21.4 Å². The van der Waals surface area contributed by atoms with Crippen LogP contribution < -0.4 is 5.56 Å². The Labute approximate surface area is 131 Å². The highest BCUT2D eigenvalue weighted by molar-refractivity contribution is 7.99. The fourth-order valence-electron chi connectivity index (χ4n) is 2.30. The summed E-state index contributed by atoms with van der Waals surface area (Å²) >= 11 is 2.50. The van der Waals surface area contributed by atoms with E-state index in [9.17, 15) is 9.59 Å². The van der Waals surface area contributed by atoms with Gasteiger partial charge in [-0.05, 0) is 24.3 Å². The van der Waals surface area contributed by atoms with Crippen molar-refractivity contribution in [1.82, 2.24) is 9.55 Å². The predicted octanol–water partition coefficient (Wildman–Crippen LogP) is 3.39. The molecule has 0 amide bonds. The molecule has 0 fully saturated rings. The second kappa shape index (κ2) is 7.09. The Kier molecular flexibility index (Phi) is 5.41. The maximum atomic E-state index is 12.7. The highest BCUT2D eigenvalue weighted by Crippen LogP contribution is 2.26. The van der Waals surface area contributed by atoms with Crippen LogP contribution in [0.25, 0.3) is 10.2 Å². The van der Waals surface area contributed by atoms with Crippen LogP contribution in [0.1, 0.15) is 39.2 Å². The van der Waals surface area contributed by atoms with Crippen molar-refractivity contribution < 1.29 is 9.90 Å². The summed E-state index contributed by atoms with van der Waals surface area (Å²) in [5.41, 5.74) is 0.601. The summed E-state index contributed by atoms with van der Waals surface area (Å²) < 4.78 is 2.33. The van der Waals surface area contributed by atoms with E-state index in [1.165, 1.54) is 11.3 Å². The molecule has 0 saturated carbocycles. The number of aliphatic carboxylic acids is 1. The number of hydrogen-bond donors (Lipinski definition) is 1. The summed E-state index contributed by atoms with van der Waals surface area (Å²) in [7, 11) is 0. The molecule has 114 valence electrons. The van der Waals surface area contributed by atoms with Crippen LogP contribution in [0.4, 0.5) is 0 Å². The Hall–Kier alpha value is -1.34. The third-order valence-corrected chi connectivity index (χ3v) is 5.09. The molecule has 1 unspecified atom stereocenters. The first kappa shape index (κ1) is 16.0. The van der Waals surface area contributed by atoms with Crippen LogP contribution in [0.3, 0.4) is 0 Å². The van der Waals surface area contributed by atoms with Crippen molar-refractivity contribution >= 4 is 39.3 Å². The lowest BCUT2D eigenvalue weighted by molar-refractivity contribution is -0.133. The van der Waals surface area contributed by atoms with E-state index >= 15 is 0 Å². The molecule has 0 radical (unpaired) electrons. The monoisotopic (exact) mass is 326 g/mol. The van der Waals surface area contributed by atoms with Crippen molar-refractivity contribution in [2.24, 2.45) is 0 Å². The summed E-state index contributed by atoms with van der Waals surface area (Å²) in [6.45, 7) is 4.12. The van der Waals surface area contributed by atoms with Crippen LogP contribution in [0, 0.1) is 0 Å². The Balaban J connectivity index is 2.56. The van der Waals surface area contributed by atoms with E-state index in [1.54, 1.807) is 10.6 Å². The van der Waals surface area contributed by atoms with E-state index in [2.05, 4.69) is 11.9 Å². The number of aromatic nitrogens is 2. The van der Waals surface area contributed by atoms with Gasteiger partial charge in [0.1, 0.15) is 4.70 Å². The van der Waals surface area contributed by atoms with E-state index in [1.807, 2.05) is 12.3 Å². The Morgan fingerprint density at radius 3 is 2.90 bits per heavy atom. The van der Waals surface area contributed by atoms with Gasteiger partial charge in [0.25, 0.3) is 5.56 Å². The van der Waals surface area contributed by atoms with Gasteiger partial charge in [0.05, 0.1) is 11.3 Å². The minimum atomic E-state index is -0.908. The van der Waals surface area contributed by atoms with Crippen molar-refractivity contribution in [3.8, 4) is 0 Å². The molecule has 1 N–H and O–H groups in total. The fraction of sp³-hybridized carbons (Fsp3) is 0.500. The Bertz CT molecular complexity index is 693. The molecule has 0 aliphatic carbocycles. The topological polar surface area (TPSA) is 72.2 Å². The van der Waals surface area contributed by atoms with Crippen molar-refractivity contribution in [2.45, 2.75) is 44.3 Å². The van der Waals surface area contributed by atoms with Gasteiger partial charge in [0.15, 0.2) is 5.16 Å². The molecule has 21 heavy (non-hydrogen) atoms. The van der Waals surface area contributed by atoms with E-state index in [4.69, 9.17) is 5.11 Å². The number of nitrogens with zero attached hydrogens (tertiary/aromatic N) is 2. The number of thiophene rings is 1. The minimum absolute atomic E-state index is 0.0526. The molecule has 0 aliphatic rings. The molecule has 7 heteroatoms. The van der Waals surface area contributed by atoms with E-state index in [0.717, 1.165) is 31.0 Å². The first-order valence-electron chi connectivity index (χ1n) is 6.92.